The monoisotopic (exact) mass is 128 g/mol. The molecule has 0 fully saturated rings. The normalized spacial score (nSPS) is 10.1. The third kappa shape index (κ3) is 5.83. The number of hydrogen-bond acceptors (Lipinski definition) is 1. The van der Waals surface area contributed by atoms with E-state index in [4.69, 9.17) is 0 Å². The summed E-state index contributed by atoms with van der Waals surface area (Å²) < 4.78 is 0. The maximum Gasteiger partial charge on any atom is 0.0116 e. The van der Waals surface area contributed by atoms with E-state index in [2.05, 4.69) is 18.7 Å². The molecular weight excluding hydrogens is 116 g/mol. The predicted octanol–water partition coefficient (Wildman–Crippen LogP) is 2.48. The number of thioether (sulfide) groups is 1. The Morgan fingerprint density at radius 1 is 1.50 bits per heavy atom. The first-order valence-electron chi connectivity index (χ1n) is 2.71. The van der Waals surface area contributed by atoms with Crippen LogP contribution >= 0.6 is 11.8 Å². The molecule has 0 heterocycles. The second-order valence-electron chi connectivity index (χ2n) is 1.40. The lowest BCUT2D eigenvalue weighted by Crippen LogP contribution is -1.70. The first kappa shape index (κ1) is 7.83. The Morgan fingerprint density at radius 3 is 2.75 bits per heavy atom. The fourth-order valence-electron chi connectivity index (χ4n) is 0.316. The van der Waals surface area contributed by atoms with Gasteiger partial charge < -0.3 is 0 Å². The van der Waals surface area contributed by atoms with E-state index in [1.54, 1.807) is 0 Å². The van der Waals surface area contributed by atoms with Gasteiger partial charge in [0.1, 0.15) is 0 Å². The molecule has 0 atom stereocenters. The third-order valence-corrected chi connectivity index (χ3v) is 1.59. The highest BCUT2D eigenvalue weighted by atomic mass is 32.2. The summed E-state index contributed by atoms with van der Waals surface area (Å²) in [7, 11) is 0. The number of rotatable bonds is 4. The fraction of sp³-hybridized carbons (Fsp3) is 0.429. The van der Waals surface area contributed by atoms with Gasteiger partial charge in [-0.25, -0.2) is 0 Å². The minimum Gasteiger partial charge on any atom is -0.154 e. The molecule has 0 saturated heterocycles. The molecular formula is C7H12S. The summed E-state index contributed by atoms with van der Waals surface area (Å²) >= 11 is 1.87. The Hall–Kier alpha value is -0.170. The molecule has 0 amide bonds. The molecule has 0 radical (unpaired) electrons. The maximum absolute atomic E-state index is 3.61. The van der Waals surface area contributed by atoms with Crippen LogP contribution in [-0.2, 0) is 0 Å². The molecule has 0 aliphatic carbocycles. The van der Waals surface area contributed by atoms with Crippen molar-refractivity contribution in [1.82, 2.24) is 0 Å². The zero-order valence-corrected chi connectivity index (χ0v) is 6.08. The van der Waals surface area contributed by atoms with E-state index in [0.29, 0.717) is 0 Å². The van der Waals surface area contributed by atoms with Crippen LogP contribution in [0.1, 0.15) is 6.92 Å². The summed E-state index contributed by atoms with van der Waals surface area (Å²) in [4.78, 5) is 0. The minimum absolute atomic E-state index is 1.06. The zero-order chi connectivity index (χ0) is 6.24. The average Bonchev–Trinajstić information content (AvgIpc) is 1.81. The van der Waals surface area contributed by atoms with Crippen LogP contribution < -0.4 is 0 Å². The summed E-state index contributed by atoms with van der Waals surface area (Å²) in [5, 5.41) is 0. The van der Waals surface area contributed by atoms with E-state index in [-0.39, 0.29) is 0 Å². The van der Waals surface area contributed by atoms with Gasteiger partial charge in [-0.2, -0.15) is 11.8 Å². The van der Waals surface area contributed by atoms with Crippen LogP contribution in [0.4, 0.5) is 0 Å². The van der Waals surface area contributed by atoms with Crippen molar-refractivity contribution in [1.29, 1.82) is 0 Å². The lowest BCUT2D eigenvalue weighted by atomic mass is 10.6. The van der Waals surface area contributed by atoms with E-state index in [0.717, 1.165) is 11.5 Å². The van der Waals surface area contributed by atoms with Crippen LogP contribution in [0.25, 0.3) is 0 Å². The van der Waals surface area contributed by atoms with Gasteiger partial charge in [0.25, 0.3) is 0 Å². The Labute approximate surface area is 55.7 Å². The van der Waals surface area contributed by atoms with Crippen LogP contribution in [0.5, 0.6) is 0 Å². The summed E-state index contributed by atoms with van der Waals surface area (Å²) in [6.07, 6.45) is 6.14. The van der Waals surface area contributed by atoms with Gasteiger partial charge in [-0.15, -0.1) is 6.58 Å². The quantitative estimate of drug-likeness (QED) is 0.414. The molecule has 0 aromatic rings. The Kier molecular flexibility index (Phi) is 6.68. The van der Waals surface area contributed by atoms with Gasteiger partial charge >= 0.3 is 0 Å². The van der Waals surface area contributed by atoms with Crippen molar-refractivity contribution in [2.24, 2.45) is 0 Å². The van der Waals surface area contributed by atoms with Gasteiger partial charge in [0.2, 0.25) is 0 Å². The highest BCUT2D eigenvalue weighted by Gasteiger charge is 1.74. The third-order valence-electron chi connectivity index (χ3n) is 0.685. The molecule has 0 aliphatic rings. The number of allylic oxidation sites excluding steroid dienone is 1. The van der Waals surface area contributed by atoms with Crippen LogP contribution in [0.3, 0.4) is 0 Å². The van der Waals surface area contributed by atoms with Crippen LogP contribution in [0, 0.1) is 0 Å². The van der Waals surface area contributed by atoms with E-state index in [1.807, 2.05) is 24.8 Å². The topological polar surface area (TPSA) is 0 Å². The van der Waals surface area contributed by atoms with E-state index in [1.165, 1.54) is 0 Å². The molecule has 0 saturated carbocycles. The van der Waals surface area contributed by atoms with Crippen molar-refractivity contribution in [3.05, 3.63) is 24.8 Å². The molecule has 0 rings (SSSR count). The fourth-order valence-corrected chi connectivity index (χ4v) is 0.947. The summed E-state index contributed by atoms with van der Waals surface area (Å²) in [6.45, 7) is 5.65. The molecule has 8 heavy (non-hydrogen) atoms. The van der Waals surface area contributed by atoms with Crippen LogP contribution in [0.15, 0.2) is 24.8 Å². The van der Waals surface area contributed by atoms with Crippen molar-refractivity contribution >= 4 is 11.8 Å². The van der Waals surface area contributed by atoms with Crippen molar-refractivity contribution in [3.63, 3.8) is 0 Å². The van der Waals surface area contributed by atoms with Crippen molar-refractivity contribution in [3.8, 4) is 0 Å². The molecule has 0 aromatic heterocycles. The Bertz CT molecular complexity index is 74.5. The predicted molar refractivity (Wildman–Crippen MR) is 42.3 cm³/mol. The van der Waals surface area contributed by atoms with Gasteiger partial charge in [-0.05, 0) is 6.92 Å². The van der Waals surface area contributed by atoms with E-state index >= 15 is 0 Å². The second-order valence-corrected chi connectivity index (χ2v) is 2.47. The van der Waals surface area contributed by atoms with Crippen LogP contribution in [-0.4, -0.2) is 11.5 Å². The smallest absolute Gasteiger partial charge is 0.0116 e. The molecule has 0 aliphatic heterocycles. The van der Waals surface area contributed by atoms with E-state index < -0.39 is 0 Å². The molecule has 0 nitrogen and oxygen atoms in total. The summed E-state index contributed by atoms with van der Waals surface area (Å²) in [6, 6.07) is 0. The van der Waals surface area contributed by atoms with Gasteiger partial charge in [0.05, 0.1) is 0 Å². The van der Waals surface area contributed by atoms with Crippen molar-refractivity contribution in [2.45, 2.75) is 6.92 Å². The molecule has 0 unspecified atom stereocenters. The molecule has 46 valence electrons. The average molecular weight is 128 g/mol. The Morgan fingerprint density at radius 2 is 2.25 bits per heavy atom. The lowest BCUT2D eigenvalue weighted by Gasteiger charge is -1.86. The Balaban J connectivity index is 2.82. The molecule has 0 N–H and O–H groups in total. The zero-order valence-electron chi connectivity index (χ0n) is 5.26. The molecule has 0 spiro atoms. The molecule has 0 aromatic carbocycles. The SMILES string of the molecule is C=CCSCC=CC. The molecule has 0 bridgehead atoms. The second kappa shape index (κ2) is 6.83. The van der Waals surface area contributed by atoms with Gasteiger partial charge in [-0.3, -0.25) is 0 Å². The minimum atomic E-state index is 1.06. The first-order chi connectivity index (χ1) is 3.91. The van der Waals surface area contributed by atoms with Gasteiger partial charge in [0.15, 0.2) is 0 Å². The number of hydrogen-bond donors (Lipinski definition) is 0. The summed E-state index contributed by atoms with van der Waals surface area (Å²) in [5.41, 5.74) is 0. The highest BCUT2D eigenvalue weighted by molar-refractivity contribution is 7.99. The first-order valence-corrected chi connectivity index (χ1v) is 3.87. The van der Waals surface area contributed by atoms with E-state index in [9.17, 15) is 0 Å². The molecule has 1 heteroatoms. The standard InChI is InChI=1S/C7H12S/c1-3-5-7-8-6-4-2/h3-5H,2,6-7H2,1H3. The lowest BCUT2D eigenvalue weighted by molar-refractivity contribution is 1.64. The summed E-state index contributed by atoms with van der Waals surface area (Å²) in [5.74, 6) is 2.17. The van der Waals surface area contributed by atoms with Crippen LogP contribution in [0.2, 0.25) is 0 Å². The van der Waals surface area contributed by atoms with Gasteiger partial charge in [-0.1, -0.05) is 18.2 Å². The largest absolute Gasteiger partial charge is 0.154 e. The van der Waals surface area contributed by atoms with Gasteiger partial charge in [0, 0.05) is 11.5 Å². The maximum atomic E-state index is 3.61. The van der Waals surface area contributed by atoms with Crippen molar-refractivity contribution < 1.29 is 0 Å². The van der Waals surface area contributed by atoms with Crippen molar-refractivity contribution in [2.75, 3.05) is 11.5 Å². The highest BCUT2D eigenvalue weighted by Crippen LogP contribution is 1.98.